The van der Waals surface area contributed by atoms with Gasteiger partial charge in [0.1, 0.15) is 18.2 Å². The van der Waals surface area contributed by atoms with Gasteiger partial charge in [-0.3, -0.25) is 4.79 Å². The first-order valence-electron chi connectivity index (χ1n) is 16.0. The van der Waals surface area contributed by atoms with Gasteiger partial charge in [0.25, 0.3) is 0 Å². The third-order valence-corrected chi connectivity index (χ3v) is 11.3. The van der Waals surface area contributed by atoms with Crippen molar-refractivity contribution in [2.24, 2.45) is 34.3 Å². The Kier molecular flexibility index (Phi) is 8.42. The molecule has 3 aliphatic carbocycles. The first-order chi connectivity index (χ1) is 22.6. The van der Waals surface area contributed by atoms with Crippen molar-refractivity contribution in [2.75, 3.05) is 13.7 Å². The van der Waals surface area contributed by atoms with Crippen LogP contribution in [0.5, 0.6) is 0 Å². The van der Waals surface area contributed by atoms with Crippen molar-refractivity contribution in [3.8, 4) is 0 Å². The van der Waals surface area contributed by atoms with E-state index in [4.69, 9.17) is 29.4 Å². The molecule has 0 aromatic heterocycles. The molecule has 4 fully saturated rings. The number of aliphatic hydroxyl groups excluding tert-OH is 2. The number of methoxy groups -OCH3 is 1. The number of carbonyl (C=O) groups is 5. The molecule has 2 aliphatic heterocycles. The highest BCUT2D eigenvalue weighted by molar-refractivity contribution is 5.98. The molecule has 2 bridgehead atoms. The Morgan fingerprint density at radius 1 is 1.12 bits per heavy atom. The number of nitrogens with two attached hydrogens (primary N) is 1. The average Bonchev–Trinajstić information content (AvgIpc) is 3.33. The second-order valence-electron chi connectivity index (χ2n) is 14.2. The molecule has 13 nitrogen and oxygen atoms in total. The van der Waals surface area contributed by atoms with Gasteiger partial charge in [-0.15, -0.1) is 0 Å². The molecule has 0 radical (unpaired) electrons. The summed E-state index contributed by atoms with van der Waals surface area (Å²) in [6.45, 7) is 6.48. The SMILES string of the molecule is COC(=O)C12OC[C@]34C([C@@H](O)[C@@H]1O)[C@@]1(C)CC(=O)C(OC(=O)[C@@H](N)Cc5ccccc5)=C(C)[C@@H]1C[C@H]3OC(=O)[C@H](OC(=O)C=C(C)C)[C@@H]24. The number of ether oxygens (including phenoxy) is 5. The van der Waals surface area contributed by atoms with Gasteiger partial charge in [0.15, 0.2) is 11.5 Å². The zero-order valence-corrected chi connectivity index (χ0v) is 27.5. The second kappa shape index (κ2) is 11.9. The summed E-state index contributed by atoms with van der Waals surface area (Å²) in [6.07, 6.45) is -5.05. The molecule has 2 unspecified atom stereocenters. The van der Waals surface area contributed by atoms with E-state index >= 15 is 0 Å². The van der Waals surface area contributed by atoms with E-state index in [2.05, 4.69) is 0 Å². The largest absolute Gasteiger partial charge is 0.467 e. The van der Waals surface area contributed by atoms with E-state index < -0.39 is 94.3 Å². The van der Waals surface area contributed by atoms with E-state index in [0.29, 0.717) is 11.1 Å². The van der Waals surface area contributed by atoms with Gasteiger partial charge in [-0.05, 0) is 56.1 Å². The van der Waals surface area contributed by atoms with Crippen molar-refractivity contribution in [1.82, 2.24) is 0 Å². The maximum atomic E-state index is 13.9. The van der Waals surface area contributed by atoms with Gasteiger partial charge in [0, 0.05) is 23.8 Å². The Labute approximate surface area is 277 Å². The van der Waals surface area contributed by atoms with Crippen LogP contribution in [0.4, 0.5) is 0 Å². The van der Waals surface area contributed by atoms with Gasteiger partial charge >= 0.3 is 23.9 Å². The monoisotopic (exact) mass is 667 g/mol. The number of carbonyl (C=O) groups excluding carboxylic acids is 5. The lowest BCUT2D eigenvalue weighted by molar-refractivity contribution is -0.290. The first kappa shape index (κ1) is 34.0. The van der Waals surface area contributed by atoms with Crippen molar-refractivity contribution in [3.05, 3.63) is 58.9 Å². The predicted octanol–water partition coefficient (Wildman–Crippen LogP) is 1.07. The lowest BCUT2D eigenvalue weighted by Crippen LogP contribution is -2.79. The molecule has 48 heavy (non-hydrogen) atoms. The number of fused-ring (bicyclic) bond motifs is 2. The van der Waals surface area contributed by atoms with Crippen LogP contribution in [-0.4, -0.2) is 89.6 Å². The number of hydrogen-bond donors (Lipinski definition) is 3. The quantitative estimate of drug-likeness (QED) is 0.212. The minimum absolute atomic E-state index is 0.101. The molecule has 2 heterocycles. The maximum absolute atomic E-state index is 13.9. The van der Waals surface area contributed by atoms with Crippen LogP contribution >= 0.6 is 0 Å². The second-order valence-corrected chi connectivity index (χ2v) is 14.2. The van der Waals surface area contributed by atoms with Crippen molar-refractivity contribution in [3.63, 3.8) is 0 Å². The summed E-state index contributed by atoms with van der Waals surface area (Å²) in [7, 11) is 1.08. The Balaban J connectivity index is 1.41. The molecule has 0 amide bonds. The highest BCUT2D eigenvalue weighted by atomic mass is 16.6. The van der Waals surface area contributed by atoms with Crippen LogP contribution in [0.25, 0.3) is 0 Å². The van der Waals surface area contributed by atoms with E-state index in [1.54, 1.807) is 27.7 Å². The van der Waals surface area contributed by atoms with Crippen LogP contribution in [0.1, 0.15) is 46.1 Å². The molecule has 11 atom stereocenters. The summed E-state index contributed by atoms with van der Waals surface area (Å²) in [6, 6.07) is 8.08. The third-order valence-electron chi connectivity index (χ3n) is 11.3. The molecule has 1 aromatic carbocycles. The molecule has 2 saturated carbocycles. The summed E-state index contributed by atoms with van der Waals surface area (Å²) in [5.41, 5.74) is 3.20. The molecular formula is C35H41NO12. The van der Waals surface area contributed by atoms with Crippen molar-refractivity contribution in [1.29, 1.82) is 0 Å². The van der Waals surface area contributed by atoms with Crippen LogP contribution in [0.3, 0.4) is 0 Å². The number of rotatable bonds is 7. The van der Waals surface area contributed by atoms with Crippen molar-refractivity contribution >= 4 is 29.7 Å². The van der Waals surface area contributed by atoms with E-state index in [1.807, 2.05) is 30.3 Å². The molecule has 4 N–H and O–H groups in total. The first-order valence-corrected chi connectivity index (χ1v) is 16.0. The van der Waals surface area contributed by atoms with Crippen LogP contribution < -0.4 is 5.73 Å². The average molecular weight is 668 g/mol. The lowest BCUT2D eigenvalue weighted by atomic mass is 9.38. The number of Topliss-reactive ketones (excluding diaryl/α,β-unsaturated/α-hetero) is 1. The highest BCUT2D eigenvalue weighted by Gasteiger charge is 2.85. The number of esters is 4. The molecule has 6 rings (SSSR count). The topological polar surface area (TPSA) is 198 Å². The summed E-state index contributed by atoms with van der Waals surface area (Å²) in [5.74, 6) is -7.25. The number of benzene rings is 1. The molecule has 1 aromatic rings. The lowest BCUT2D eigenvalue weighted by Gasteiger charge is -2.67. The van der Waals surface area contributed by atoms with E-state index in [-0.39, 0.29) is 31.6 Å². The molecule has 5 aliphatic rings. The molecular weight excluding hydrogens is 626 g/mol. The van der Waals surface area contributed by atoms with Gasteiger partial charge < -0.3 is 39.6 Å². The van der Waals surface area contributed by atoms with E-state index in [9.17, 15) is 34.2 Å². The Morgan fingerprint density at radius 3 is 2.46 bits per heavy atom. The smallest absolute Gasteiger partial charge is 0.348 e. The molecule has 2 saturated heterocycles. The predicted molar refractivity (Wildman–Crippen MR) is 164 cm³/mol. The number of allylic oxidation sites excluding steroid dienone is 3. The molecule has 258 valence electrons. The van der Waals surface area contributed by atoms with E-state index in [1.165, 1.54) is 6.08 Å². The fraction of sp³-hybridized carbons (Fsp3) is 0.571. The summed E-state index contributed by atoms with van der Waals surface area (Å²) < 4.78 is 28.5. The van der Waals surface area contributed by atoms with Crippen LogP contribution in [0.2, 0.25) is 0 Å². The third kappa shape index (κ3) is 4.77. The fourth-order valence-corrected chi connectivity index (χ4v) is 9.51. The maximum Gasteiger partial charge on any atom is 0.348 e. The normalized spacial score (nSPS) is 38.5. The standard InChI is InChI=1S/C35H41NO12/c1-16(2)11-23(38)47-26-28-34-15-45-35(28,32(43)44-5)29(40)24(39)27(34)33(4)14-21(37)25(17(3)19(33)13-22(34)46-31(26)42)48-30(41)20(36)12-18-9-7-6-8-10-18/h6-11,19-20,22,24,26-29,39-40H,12-15,36H2,1-5H3/t19-,20-,22+,24+,26+,27?,28+,29-,33-,34+,35?/m0/s1. The number of ketones is 1. The zero-order chi connectivity index (χ0) is 34.9. The minimum Gasteiger partial charge on any atom is -0.467 e. The number of hydrogen-bond acceptors (Lipinski definition) is 13. The Bertz CT molecular complexity index is 1620. The summed E-state index contributed by atoms with van der Waals surface area (Å²) in [5, 5.41) is 23.7. The highest BCUT2D eigenvalue weighted by Crippen LogP contribution is 2.72. The molecule has 13 heteroatoms. The van der Waals surface area contributed by atoms with Crippen LogP contribution in [0, 0.1) is 28.6 Å². The summed E-state index contributed by atoms with van der Waals surface area (Å²) in [4.78, 5) is 67.1. The number of aliphatic hydroxyl groups is 2. The summed E-state index contributed by atoms with van der Waals surface area (Å²) >= 11 is 0. The van der Waals surface area contributed by atoms with Crippen LogP contribution in [-0.2, 0) is 54.1 Å². The van der Waals surface area contributed by atoms with Gasteiger partial charge in [-0.25, -0.2) is 19.2 Å². The fourth-order valence-electron chi connectivity index (χ4n) is 9.51. The molecule has 1 spiro atoms. The Hall–Kier alpha value is -3.91. The zero-order valence-electron chi connectivity index (χ0n) is 27.5. The van der Waals surface area contributed by atoms with Crippen molar-refractivity contribution < 1.29 is 57.9 Å². The van der Waals surface area contributed by atoms with Gasteiger partial charge in [0.05, 0.1) is 25.7 Å². The van der Waals surface area contributed by atoms with E-state index in [0.717, 1.165) is 12.7 Å². The van der Waals surface area contributed by atoms with Gasteiger partial charge in [-0.2, -0.15) is 0 Å². The Morgan fingerprint density at radius 2 is 1.81 bits per heavy atom. The minimum atomic E-state index is -2.28. The van der Waals surface area contributed by atoms with Crippen molar-refractivity contribution in [2.45, 2.75) is 83.0 Å². The van der Waals surface area contributed by atoms with Gasteiger partial charge in [-0.1, -0.05) is 42.8 Å². The van der Waals surface area contributed by atoms with Crippen LogP contribution in [0.15, 0.2) is 53.3 Å². The van der Waals surface area contributed by atoms with Gasteiger partial charge in [0.2, 0.25) is 11.7 Å².